The average molecular weight is 399 g/mol. The summed E-state index contributed by atoms with van der Waals surface area (Å²) in [7, 11) is -6.96. The van der Waals surface area contributed by atoms with E-state index in [1.165, 1.54) is 11.8 Å². The number of hydrogen-bond donors (Lipinski definition) is 2. The molecule has 1 heterocycles. The van der Waals surface area contributed by atoms with Crippen LogP contribution in [0, 0.1) is 0 Å². The summed E-state index contributed by atoms with van der Waals surface area (Å²) in [5.74, 6) is -0.386. The molecule has 0 saturated carbocycles. The molecule has 0 radical (unpaired) electrons. The number of sulfonamides is 1. The van der Waals surface area contributed by atoms with E-state index in [-0.39, 0.29) is 17.9 Å². The van der Waals surface area contributed by atoms with Crippen LogP contribution in [-0.4, -0.2) is 33.6 Å². The fourth-order valence-electron chi connectivity index (χ4n) is 2.52. The Morgan fingerprint density at radius 2 is 1.56 bits per heavy atom. The lowest BCUT2D eigenvalue weighted by Gasteiger charge is -2.13. The van der Waals surface area contributed by atoms with Crippen LogP contribution in [0.3, 0.4) is 0 Å². The average Bonchev–Trinajstić information content (AvgIpc) is 2.92. The summed E-state index contributed by atoms with van der Waals surface area (Å²) < 4.78 is 50.0. The van der Waals surface area contributed by atoms with Crippen molar-refractivity contribution in [3.05, 3.63) is 48.5 Å². The summed E-state index contributed by atoms with van der Waals surface area (Å²) in [6, 6.07) is 14.4. The number of nitrogens with two attached hydrogens (primary N) is 1. The Morgan fingerprint density at radius 3 is 2.08 bits per heavy atom. The van der Waals surface area contributed by atoms with Crippen molar-refractivity contribution in [2.24, 2.45) is 0 Å². The standard InChI is InChI=1S/C16H18N2O4S3/c17-12-1-5-14(6-2-12)23-15-7-3-13(4-8-15)18-25(21,22)16-9-10-24(19,20)11-16/h1-8,16,18H,9-11,17H2. The molecule has 1 atom stereocenters. The van der Waals surface area contributed by atoms with E-state index in [4.69, 9.17) is 5.73 Å². The first kappa shape index (κ1) is 18.1. The number of benzene rings is 2. The van der Waals surface area contributed by atoms with Gasteiger partial charge in [-0.3, -0.25) is 4.72 Å². The lowest BCUT2D eigenvalue weighted by molar-refractivity contribution is 0.587. The summed E-state index contributed by atoms with van der Waals surface area (Å²) in [5.41, 5.74) is 6.77. The molecule has 0 aliphatic carbocycles. The molecule has 0 amide bonds. The van der Waals surface area contributed by atoms with Gasteiger partial charge in [-0.05, 0) is 55.0 Å². The predicted octanol–water partition coefficient (Wildman–Crippen LogP) is 2.35. The van der Waals surface area contributed by atoms with E-state index in [1.54, 1.807) is 12.1 Å². The van der Waals surface area contributed by atoms with E-state index >= 15 is 0 Å². The van der Waals surface area contributed by atoms with Crippen LogP contribution in [0.15, 0.2) is 58.3 Å². The first-order valence-corrected chi connectivity index (χ1v) is 11.8. The maximum Gasteiger partial charge on any atom is 0.236 e. The largest absolute Gasteiger partial charge is 0.399 e. The molecule has 3 N–H and O–H groups in total. The van der Waals surface area contributed by atoms with Gasteiger partial charge >= 0.3 is 0 Å². The van der Waals surface area contributed by atoms with E-state index < -0.39 is 25.1 Å². The monoisotopic (exact) mass is 398 g/mol. The molecule has 9 heteroatoms. The van der Waals surface area contributed by atoms with Crippen LogP contribution in [0.25, 0.3) is 0 Å². The number of rotatable bonds is 5. The van der Waals surface area contributed by atoms with Crippen LogP contribution in [0.1, 0.15) is 6.42 Å². The smallest absolute Gasteiger partial charge is 0.236 e. The zero-order chi connectivity index (χ0) is 18.1. The van der Waals surface area contributed by atoms with Crippen molar-refractivity contribution in [1.82, 2.24) is 0 Å². The quantitative estimate of drug-likeness (QED) is 0.749. The summed E-state index contributed by atoms with van der Waals surface area (Å²) in [5, 5.41) is -0.888. The second kappa shape index (κ2) is 6.89. The first-order valence-electron chi connectivity index (χ1n) is 7.59. The second-order valence-corrected chi connectivity index (χ2v) is 11.2. The van der Waals surface area contributed by atoms with Gasteiger partial charge in [0.15, 0.2) is 9.84 Å². The van der Waals surface area contributed by atoms with Gasteiger partial charge in [-0.2, -0.15) is 0 Å². The van der Waals surface area contributed by atoms with Crippen LogP contribution in [0.5, 0.6) is 0 Å². The molecule has 3 rings (SSSR count). The number of sulfone groups is 1. The fraction of sp³-hybridized carbons (Fsp3) is 0.250. The van der Waals surface area contributed by atoms with Gasteiger partial charge in [-0.1, -0.05) is 11.8 Å². The molecule has 1 aliphatic heterocycles. The molecule has 1 fully saturated rings. The molecule has 1 saturated heterocycles. The molecule has 0 bridgehead atoms. The van der Waals surface area contributed by atoms with E-state index in [1.807, 2.05) is 36.4 Å². The zero-order valence-electron chi connectivity index (χ0n) is 13.3. The van der Waals surface area contributed by atoms with Crippen LogP contribution in [0.4, 0.5) is 11.4 Å². The molecule has 6 nitrogen and oxygen atoms in total. The van der Waals surface area contributed by atoms with Crippen molar-refractivity contribution < 1.29 is 16.8 Å². The molecule has 0 spiro atoms. The van der Waals surface area contributed by atoms with Crippen molar-refractivity contribution in [2.45, 2.75) is 21.5 Å². The molecular weight excluding hydrogens is 380 g/mol. The lowest BCUT2D eigenvalue weighted by Crippen LogP contribution is -2.28. The second-order valence-electron chi connectivity index (χ2n) is 5.87. The van der Waals surface area contributed by atoms with Crippen molar-refractivity contribution in [3.8, 4) is 0 Å². The number of hydrogen-bond acceptors (Lipinski definition) is 6. The van der Waals surface area contributed by atoms with Gasteiger partial charge in [0.1, 0.15) is 0 Å². The SMILES string of the molecule is Nc1ccc(Sc2ccc(NS(=O)(=O)C3CCS(=O)(=O)C3)cc2)cc1. The van der Waals surface area contributed by atoms with Gasteiger partial charge in [0.05, 0.1) is 16.8 Å². The summed E-state index contributed by atoms with van der Waals surface area (Å²) in [4.78, 5) is 1.98. The third-order valence-electron chi connectivity index (χ3n) is 3.86. The highest BCUT2D eigenvalue weighted by Crippen LogP contribution is 2.29. The molecule has 2 aromatic rings. The third kappa shape index (κ3) is 4.68. The summed E-state index contributed by atoms with van der Waals surface area (Å²) in [6.07, 6.45) is 0.142. The minimum atomic E-state index is -3.71. The summed E-state index contributed by atoms with van der Waals surface area (Å²) in [6.45, 7) is 0. The number of nitrogen functional groups attached to an aromatic ring is 1. The molecule has 1 unspecified atom stereocenters. The van der Waals surface area contributed by atoms with E-state index in [9.17, 15) is 16.8 Å². The number of nitrogens with one attached hydrogen (secondary N) is 1. The fourth-order valence-corrected chi connectivity index (χ4v) is 7.42. The van der Waals surface area contributed by atoms with Crippen LogP contribution >= 0.6 is 11.8 Å². The van der Waals surface area contributed by atoms with Gasteiger partial charge < -0.3 is 5.73 Å². The van der Waals surface area contributed by atoms with Crippen molar-refractivity contribution >= 4 is 43.0 Å². The van der Waals surface area contributed by atoms with Gasteiger partial charge in [0, 0.05) is 21.2 Å². The number of anilines is 2. The summed E-state index contributed by atoms with van der Waals surface area (Å²) >= 11 is 1.54. The molecule has 0 aromatic heterocycles. The first-order chi connectivity index (χ1) is 11.7. The van der Waals surface area contributed by atoms with E-state index in [2.05, 4.69) is 4.72 Å². The highest BCUT2D eigenvalue weighted by Gasteiger charge is 2.37. The highest BCUT2D eigenvalue weighted by atomic mass is 32.2. The Morgan fingerprint density at radius 1 is 1.00 bits per heavy atom. The Kier molecular flexibility index (Phi) is 4.99. The van der Waals surface area contributed by atoms with Crippen molar-refractivity contribution in [3.63, 3.8) is 0 Å². The molecule has 1 aliphatic rings. The van der Waals surface area contributed by atoms with Gasteiger partial charge in [0.25, 0.3) is 0 Å². The van der Waals surface area contributed by atoms with Gasteiger partial charge in [-0.15, -0.1) is 0 Å². The Hall–Kier alpha value is -1.71. The van der Waals surface area contributed by atoms with Crippen molar-refractivity contribution in [1.29, 1.82) is 0 Å². The van der Waals surface area contributed by atoms with E-state index in [0.29, 0.717) is 11.4 Å². The highest BCUT2D eigenvalue weighted by molar-refractivity contribution is 7.99. The minimum Gasteiger partial charge on any atom is -0.399 e. The zero-order valence-corrected chi connectivity index (χ0v) is 15.7. The normalized spacial score (nSPS) is 19.6. The maximum atomic E-state index is 12.3. The molecular formula is C16H18N2O4S3. The topological polar surface area (TPSA) is 106 Å². The predicted molar refractivity (Wildman–Crippen MR) is 101 cm³/mol. The molecule has 134 valence electrons. The van der Waals surface area contributed by atoms with E-state index in [0.717, 1.165) is 9.79 Å². The van der Waals surface area contributed by atoms with Crippen LogP contribution in [-0.2, 0) is 19.9 Å². The Labute approximate surface area is 151 Å². The Balaban J connectivity index is 1.67. The van der Waals surface area contributed by atoms with Crippen LogP contribution in [0.2, 0.25) is 0 Å². The van der Waals surface area contributed by atoms with Crippen molar-refractivity contribution in [2.75, 3.05) is 22.0 Å². The van der Waals surface area contributed by atoms with Gasteiger partial charge in [0.2, 0.25) is 10.0 Å². The molecule has 2 aromatic carbocycles. The van der Waals surface area contributed by atoms with Gasteiger partial charge in [-0.25, -0.2) is 16.8 Å². The molecule has 25 heavy (non-hydrogen) atoms. The Bertz CT molecular complexity index is 953. The third-order valence-corrected chi connectivity index (χ3v) is 8.65. The maximum absolute atomic E-state index is 12.3. The van der Waals surface area contributed by atoms with Crippen LogP contribution < -0.4 is 10.5 Å². The lowest BCUT2D eigenvalue weighted by atomic mass is 10.3. The minimum absolute atomic E-state index is 0.0737.